The van der Waals surface area contributed by atoms with E-state index in [1.54, 1.807) is 0 Å². The molecule has 98 valence electrons. The molecule has 2 fully saturated rings. The van der Waals surface area contributed by atoms with Crippen molar-refractivity contribution < 1.29 is 14.6 Å². The van der Waals surface area contributed by atoms with Crippen molar-refractivity contribution in [3.63, 3.8) is 0 Å². The average Bonchev–Trinajstić information content (AvgIpc) is 2.32. The number of likely N-dealkylation sites (N-methyl/N-ethyl adjacent to an activating group) is 1. The Morgan fingerprint density at radius 1 is 1.41 bits per heavy atom. The summed E-state index contributed by atoms with van der Waals surface area (Å²) in [5.74, 6) is 0.316. The van der Waals surface area contributed by atoms with Gasteiger partial charge in [0.2, 0.25) is 0 Å². The summed E-state index contributed by atoms with van der Waals surface area (Å²) in [5, 5.41) is 9.98. The van der Waals surface area contributed by atoms with Crippen molar-refractivity contribution in [2.45, 2.75) is 44.2 Å². The highest BCUT2D eigenvalue weighted by Gasteiger charge is 2.30. The van der Waals surface area contributed by atoms with Crippen LogP contribution in [0, 0.1) is 5.92 Å². The Kier molecular flexibility index (Phi) is 4.54. The van der Waals surface area contributed by atoms with Gasteiger partial charge in [-0.05, 0) is 19.9 Å². The molecule has 1 saturated heterocycles. The number of aliphatic hydroxyl groups excluding tert-OH is 1. The van der Waals surface area contributed by atoms with E-state index in [9.17, 15) is 9.90 Å². The summed E-state index contributed by atoms with van der Waals surface area (Å²) in [6.45, 7) is 1.84. The molecule has 1 heterocycles. The maximum atomic E-state index is 11.7. The fourth-order valence-electron chi connectivity index (χ4n) is 2.94. The molecule has 0 radical (unpaired) electrons. The molecule has 0 aromatic carbocycles. The lowest BCUT2D eigenvalue weighted by atomic mass is 9.90. The first-order valence-corrected chi connectivity index (χ1v) is 6.67. The van der Waals surface area contributed by atoms with E-state index in [2.05, 4.69) is 4.90 Å². The van der Waals surface area contributed by atoms with E-state index in [4.69, 9.17) is 4.74 Å². The molecule has 0 spiro atoms. The van der Waals surface area contributed by atoms with Crippen LogP contribution in [0.25, 0.3) is 0 Å². The van der Waals surface area contributed by atoms with E-state index in [1.165, 1.54) is 6.42 Å². The van der Waals surface area contributed by atoms with Crippen LogP contribution in [0.3, 0.4) is 0 Å². The Morgan fingerprint density at radius 2 is 2.18 bits per heavy atom. The van der Waals surface area contributed by atoms with Gasteiger partial charge in [0.25, 0.3) is 0 Å². The van der Waals surface area contributed by atoms with E-state index >= 15 is 0 Å². The van der Waals surface area contributed by atoms with Gasteiger partial charge in [-0.3, -0.25) is 4.79 Å². The molecule has 0 amide bonds. The molecule has 1 N–H and O–H groups in total. The van der Waals surface area contributed by atoms with Crippen LogP contribution in [0.2, 0.25) is 0 Å². The van der Waals surface area contributed by atoms with E-state index in [-0.39, 0.29) is 18.1 Å². The third kappa shape index (κ3) is 3.27. The van der Waals surface area contributed by atoms with Crippen LogP contribution in [-0.4, -0.2) is 54.7 Å². The number of ketones is 1. The van der Waals surface area contributed by atoms with Gasteiger partial charge in [-0.1, -0.05) is 12.8 Å². The highest BCUT2D eigenvalue weighted by molar-refractivity contribution is 5.82. The number of aliphatic hydroxyl groups is 1. The first-order chi connectivity index (χ1) is 8.18. The number of hydrogen-bond acceptors (Lipinski definition) is 4. The van der Waals surface area contributed by atoms with Crippen molar-refractivity contribution in [2.24, 2.45) is 5.92 Å². The van der Waals surface area contributed by atoms with Crippen LogP contribution in [0.4, 0.5) is 0 Å². The predicted molar refractivity (Wildman–Crippen MR) is 64.8 cm³/mol. The Morgan fingerprint density at radius 3 is 2.88 bits per heavy atom. The van der Waals surface area contributed by atoms with Crippen LogP contribution < -0.4 is 0 Å². The van der Waals surface area contributed by atoms with Gasteiger partial charge >= 0.3 is 0 Å². The molecule has 1 saturated carbocycles. The van der Waals surface area contributed by atoms with Crippen molar-refractivity contribution in [2.75, 3.05) is 26.8 Å². The second-order valence-corrected chi connectivity index (χ2v) is 5.35. The molecule has 0 aromatic heterocycles. The third-order valence-corrected chi connectivity index (χ3v) is 4.04. The molecule has 17 heavy (non-hydrogen) atoms. The molecule has 1 aliphatic heterocycles. The first-order valence-electron chi connectivity index (χ1n) is 6.67. The monoisotopic (exact) mass is 241 g/mol. The second-order valence-electron chi connectivity index (χ2n) is 5.35. The number of rotatable bonds is 3. The van der Waals surface area contributed by atoms with Gasteiger partial charge in [0.05, 0.1) is 25.2 Å². The molecule has 0 bridgehead atoms. The molecule has 4 nitrogen and oxygen atoms in total. The Hall–Kier alpha value is -0.450. The zero-order valence-electron chi connectivity index (χ0n) is 10.6. The summed E-state index contributed by atoms with van der Waals surface area (Å²) >= 11 is 0. The lowest BCUT2D eigenvalue weighted by molar-refractivity contribution is -0.132. The topological polar surface area (TPSA) is 49.8 Å². The smallest absolute Gasteiger partial charge is 0.141 e. The lowest BCUT2D eigenvalue weighted by Gasteiger charge is -2.37. The number of carbonyl (C=O) groups is 1. The Labute approximate surface area is 103 Å². The van der Waals surface area contributed by atoms with Gasteiger partial charge < -0.3 is 14.7 Å². The summed E-state index contributed by atoms with van der Waals surface area (Å²) in [4.78, 5) is 13.9. The largest absolute Gasteiger partial charge is 0.391 e. The maximum Gasteiger partial charge on any atom is 0.141 e. The quantitative estimate of drug-likeness (QED) is 0.795. The minimum absolute atomic E-state index is 0.00266. The lowest BCUT2D eigenvalue weighted by Crippen LogP contribution is -2.47. The van der Waals surface area contributed by atoms with Gasteiger partial charge in [-0.15, -0.1) is 0 Å². The molecular weight excluding hydrogens is 218 g/mol. The van der Waals surface area contributed by atoms with Crippen LogP contribution in [0.1, 0.15) is 32.1 Å². The molecule has 3 unspecified atom stereocenters. The molecule has 1 aliphatic carbocycles. The minimum atomic E-state index is -0.228. The standard InChI is InChI=1S/C13H23NO3/c1-14(11-4-2-3-5-13(11)16)8-10-9-17-7-6-12(10)15/h10-11,13,16H,2-9H2,1H3. The molecular formula is C13H23NO3. The summed E-state index contributed by atoms with van der Waals surface area (Å²) in [6, 6.07) is 0.221. The SMILES string of the molecule is CN(CC1COCCC1=O)C1CCCCC1O. The number of Topliss-reactive ketones (excluding diaryl/α,β-unsaturated/α-hetero) is 1. The van der Waals surface area contributed by atoms with Crippen LogP contribution in [0.5, 0.6) is 0 Å². The van der Waals surface area contributed by atoms with Crippen LogP contribution in [-0.2, 0) is 9.53 Å². The van der Waals surface area contributed by atoms with Gasteiger partial charge in [-0.25, -0.2) is 0 Å². The van der Waals surface area contributed by atoms with Crippen molar-refractivity contribution in [3.05, 3.63) is 0 Å². The minimum Gasteiger partial charge on any atom is -0.391 e. The normalized spacial score (nSPS) is 35.2. The first kappa shape index (κ1) is 13.0. The van der Waals surface area contributed by atoms with Crippen LogP contribution >= 0.6 is 0 Å². The number of hydrogen-bond donors (Lipinski definition) is 1. The molecule has 3 atom stereocenters. The zero-order chi connectivity index (χ0) is 12.3. The predicted octanol–water partition coefficient (Wildman–Crippen LogP) is 0.827. The maximum absolute atomic E-state index is 11.7. The van der Waals surface area contributed by atoms with Gasteiger partial charge in [0.1, 0.15) is 5.78 Å². The van der Waals surface area contributed by atoms with E-state index in [1.807, 2.05) is 7.05 Å². The Balaban J connectivity index is 1.86. The van der Waals surface area contributed by atoms with Crippen molar-refractivity contribution in [1.82, 2.24) is 4.90 Å². The van der Waals surface area contributed by atoms with Gasteiger partial charge in [0.15, 0.2) is 0 Å². The summed E-state index contributed by atoms with van der Waals surface area (Å²) in [5.41, 5.74) is 0. The van der Waals surface area contributed by atoms with Crippen molar-refractivity contribution >= 4 is 5.78 Å². The fourth-order valence-corrected chi connectivity index (χ4v) is 2.94. The number of ether oxygens (including phenoxy) is 1. The highest BCUT2D eigenvalue weighted by Crippen LogP contribution is 2.23. The summed E-state index contributed by atoms with van der Waals surface area (Å²) in [7, 11) is 2.01. The second kappa shape index (κ2) is 5.94. The van der Waals surface area contributed by atoms with Crippen LogP contribution in [0.15, 0.2) is 0 Å². The van der Waals surface area contributed by atoms with Crippen molar-refractivity contribution in [3.8, 4) is 0 Å². The van der Waals surface area contributed by atoms with Crippen molar-refractivity contribution in [1.29, 1.82) is 0 Å². The third-order valence-electron chi connectivity index (χ3n) is 4.04. The molecule has 2 rings (SSSR count). The highest BCUT2D eigenvalue weighted by atomic mass is 16.5. The van der Waals surface area contributed by atoms with Gasteiger partial charge in [-0.2, -0.15) is 0 Å². The van der Waals surface area contributed by atoms with E-state index < -0.39 is 0 Å². The molecule has 0 aromatic rings. The zero-order valence-corrected chi connectivity index (χ0v) is 10.6. The molecule has 4 heteroatoms. The summed E-state index contributed by atoms with van der Waals surface area (Å²) < 4.78 is 5.36. The number of nitrogens with zero attached hydrogens (tertiary/aromatic N) is 1. The Bertz CT molecular complexity index is 269. The van der Waals surface area contributed by atoms with Gasteiger partial charge in [0, 0.05) is 19.0 Å². The summed E-state index contributed by atoms with van der Waals surface area (Å²) in [6.07, 6.45) is 4.56. The average molecular weight is 241 g/mol. The number of carbonyl (C=O) groups excluding carboxylic acids is 1. The van der Waals surface area contributed by atoms with E-state index in [0.717, 1.165) is 25.8 Å². The fraction of sp³-hybridized carbons (Fsp3) is 0.923. The molecule has 2 aliphatic rings. The van der Waals surface area contributed by atoms with E-state index in [0.29, 0.717) is 25.4 Å².